The molecule has 130 valence electrons. The Hall–Kier alpha value is -1.92. The van der Waals surface area contributed by atoms with Crippen LogP contribution < -0.4 is 0 Å². The summed E-state index contributed by atoms with van der Waals surface area (Å²) in [4.78, 5) is 33.3. The van der Waals surface area contributed by atoms with Crippen molar-refractivity contribution < 1.29 is 14.1 Å². The van der Waals surface area contributed by atoms with Crippen LogP contribution in [-0.2, 0) is 9.59 Å². The summed E-state index contributed by atoms with van der Waals surface area (Å²) >= 11 is 0. The van der Waals surface area contributed by atoms with Crippen LogP contribution in [0.15, 0.2) is 4.52 Å². The Morgan fingerprint density at radius 2 is 1.79 bits per heavy atom. The van der Waals surface area contributed by atoms with Crippen LogP contribution in [0.3, 0.4) is 0 Å². The molecule has 3 aliphatic rings. The average Bonchev–Trinajstić information content (AvgIpc) is 3.17. The summed E-state index contributed by atoms with van der Waals surface area (Å²) in [5.41, 5.74) is 0. The third-order valence-corrected chi connectivity index (χ3v) is 5.46. The van der Waals surface area contributed by atoms with Crippen molar-refractivity contribution in [3.63, 3.8) is 0 Å². The summed E-state index contributed by atoms with van der Waals surface area (Å²) in [6, 6.07) is -0.234. The third kappa shape index (κ3) is 2.91. The summed E-state index contributed by atoms with van der Waals surface area (Å²) in [5.74, 6) is 2.12. The number of aryl methyl sites for hydroxylation is 1. The highest BCUT2D eigenvalue weighted by Gasteiger charge is 2.42. The molecule has 2 amide bonds. The maximum absolute atomic E-state index is 12.9. The van der Waals surface area contributed by atoms with E-state index in [-0.39, 0.29) is 29.7 Å². The highest BCUT2D eigenvalue weighted by molar-refractivity contribution is 5.90. The molecule has 1 aromatic rings. The maximum atomic E-state index is 12.9. The molecule has 1 atom stereocenters. The van der Waals surface area contributed by atoms with Crippen molar-refractivity contribution in [2.24, 2.45) is 5.92 Å². The molecule has 1 unspecified atom stereocenters. The van der Waals surface area contributed by atoms with Gasteiger partial charge in [0.15, 0.2) is 5.82 Å². The fraction of sp³-hybridized carbons (Fsp3) is 0.765. The molecule has 2 saturated heterocycles. The zero-order valence-electron chi connectivity index (χ0n) is 14.1. The van der Waals surface area contributed by atoms with Gasteiger partial charge < -0.3 is 14.3 Å². The van der Waals surface area contributed by atoms with E-state index in [1.807, 2.05) is 9.80 Å². The van der Waals surface area contributed by atoms with Gasteiger partial charge >= 0.3 is 0 Å². The third-order valence-electron chi connectivity index (χ3n) is 5.46. The number of hydrogen-bond acceptors (Lipinski definition) is 5. The number of nitrogens with zero attached hydrogens (tertiary/aromatic N) is 4. The smallest absolute Gasteiger partial charge is 0.245 e. The number of rotatable bonds is 3. The molecular weight excluding hydrogens is 308 g/mol. The van der Waals surface area contributed by atoms with Crippen LogP contribution in [-0.4, -0.2) is 57.4 Å². The lowest BCUT2D eigenvalue weighted by Crippen LogP contribution is -2.50. The minimum atomic E-state index is -0.234. The first-order valence-electron chi connectivity index (χ1n) is 9.03. The second-order valence-electron chi connectivity index (χ2n) is 7.24. The SMILES string of the molecule is Cc1nc(C2CCN(C(=O)C3CCCN3C(=O)C3CC3)CC2)no1. The standard InChI is InChI=1S/C17H24N4O3/c1-11-18-15(19-24-11)12-6-9-20(10-7-12)17(23)14-3-2-8-21(14)16(22)13-4-5-13/h12-14H,2-10H2,1H3. The van der Waals surface area contributed by atoms with Crippen molar-refractivity contribution in [2.45, 2.75) is 57.4 Å². The molecule has 3 heterocycles. The number of amides is 2. The number of carbonyl (C=O) groups is 2. The molecule has 0 radical (unpaired) electrons. The number of likely N-dealkylation sites (tertiary alicyclic amines) is 2. The van der Waals surface area contributed by atoms with Gasteiger partial charge in [-0.15, -0.1) is 0 Å². The van der Waals surface area contributed by atoms with Crippen molar-refractivity contribution in [1.29, 1.82) is 0 Å². The topological polar surface area (TPSA) is 79.5 Å². The maximum Gasteiger partial charge on any atom is 0.245 e. The molecule has 2 aliphatic heterocycles. The lowest BCUT2D eigenvalue weighted by atomic mass is 9.95. The quantitative estimate of drug-likeness (QED) is 0.838. The Bertz CT molecular complexity index is 632. The van der Waals surface area contributed by atoms with E-state index in [1.165, 1.54) is 0 Å². The molecular formula is C17H24N4O3. The zero-order valence-corrected chi connectivity index (χ0v) is 14.1. The molecule has 7 nitrogen and oxygen atoms in total. The molecule has 1 aromatic heterocycles. The first-order valence-corrected chi connectivity index (χ1v) is 9.03. The van der Waals surface area contributed by atoms with Gasteiger partial charge in [-0.2, -0.15) is 4.98 Å². The fourth-order valence-corrected chi connectivity index (χ4v) is 3.90. The molecule has 0 N–H and O–H groups in total. The highest BCUT2D eigenvalue weighted by Crippen LogP contribution is 2.34. The second kappa shape index (κ2) is 6.18. The fourth-order valence-electron chi connectivity index (χ4n) is 3.90. The predicted octanol–water partition coefficient (Wildman–Crippen LogP) is 1.49. The van der Waals surface area contributed by atoms with Crippen molar-refractivity contribution in [2.75, 3.05) is 19.6 Å². The number of hydrogen-bond donors (Lipinski definition) is 0. The summed E-state index contributed by atoms with van der Waals surface area (Å²) in [5, 5.41) is 4.01. The Labute approximate surface area is 141 Å². The van der Waals surface area contributed by atoms with E-state index in [4.69, 9.17) is 4.52 Å². The molecule has 1 saturated carbocycles. The van der Waals surface area contributed by atoms with Crippen molar-refractivity contribution >= 4 is 11.8 Å². The Kier molecular flexibility index (Phi) is 4.02. The molecule has 1 aliphatic carbocycles. The van der Waals surface area contributed by atoms with Gasteiger partial charge in [-0.3, -0.25) is 9.59 Å². The van der Waals surface area contributed by atoms with E-state index in [9.17, 15) is 9.59 Å². The average molecular weight is 332 g/mol. The van der Waals surface area contributed by atoms with Gasteiger partial charge in [0, 0.05) is 38.4 Å². The van der Waals surface area contributed by atoms with Crippen LogP contribution in [0.5, 0.6) is 0 Å². The van der Waals surface area contributed by atoms with Crippen molar-refractivity contribution in [3.05, 3.63) is 11.7 Å². The normalized spacial score (nSPS) is 25.3. The first-order chi connectivity index (χ1) is 11.6. The summed E-state index contributed by atoms with van der Waals surface area (Å²) in [6.07, 6.45) is 5.44. The largest absolute Gasteiger partial charge is 0.341 e. The summed E-state index contributed by atoms with van der Waals surface area (Å²) in [7, 11) is 0. The molecule has 0 spiro atoms. The predicted molar refractivity (Wildman–Crippen MR) is 85.0 cm³/mol. The van der Waals surface area contributed by atoms with Gasteiger partial charge in [0.2, 0.25) is 17.7 Å². The molecule has 7 heteroatoms. The van der Waals surface area contributed by atoms with Crippen LogP contribution >= 0.6 is 0 Å². The van der Waals surface area contributed by atoms with Gasteiger partial charge in [0.1, 0.15) is 6.04 Å². The lowest BCUT2D eigenvalue weighted by molar-refractivity contribution is -0.145. The molecule has 24 heavy (non-hydrogen) atoms. The van der Waals surface area contributed by atoms with Gasteiger partial charge in [0.25, 0.3) is 0 Å². The zero-order chi connectivity index (χ0) is 16.7. The van der Waals surface area contributed by atoms with Crippen LogP contribution in [0.25, 0.3) is 0 Å². The Morgan fingerprint density at radius 3 is 2.42 bits per heavy atom. The molecule has 3 fully saturated rings. The van der Waals surface area contributed by atoms with Crippen LogP contribution in [0.1, 0.15) is 56.2 Å². The van der Waals surface area contributed by atoms with Crippen molar-refractivity contribution in [1.82, 2.24) is 19.9 Å². The van der Waals surface area contributed by atoms with Crippen LogP contribution in [0.2, 0.25) is 0 Å². The van der Waals surface area contributed by atoms with Gasteiger partial charge in [-0.1, -0.05) is 5.16 Å². The Morgan fingerprint density at radius 1 is 1.04 bits per heavy atom. The van der Waals surface area contributed by atoms with E-state index >= 15 is 0 Å². The van der Waals surface area contributed by atoms with Gasteiger partial charge in [-0.05, 0) is 38.5 Å². The molecule has 0 bridgehead atoms. The minimum Gasteiger partial charge on any atom is -0.341 e. The van der Waals surface area contributed by atoms with E-state index in [2.05, 4.69) is 10.1 Å². The molecule has 0 aromatic carbocycles. The van der Waals surface area contributed by atoms with E-state index in [0.29, 0.717) is 19.0 Å². The number of carbonyl (C=O) groups excluding carboxylic acids is 2. The minimum absolute atomic E-state index is 0.129. The van der Waals surface area contributed by atoms with Crippen LogP contribution in [0, 0.1) is 12.8 Å². The van der Waals surface area contributed by atoms with E-state index in [0.717, 1.165) is 50.9 Å². The van der Waals surface area contributed by atoms with Gasteiger partial charge in [0.05, 0.1) is 0 Å². The monoisotopic (exact) mass is 332 g/mol. The molecule has 4 rings (SSSR count). The number of aromatic nitrogens is 2. The Balaban J connectivity index is 1.36. The van der Waals surface area contributed by atoms with Crippen molar-refractivity contribution in [3.8, 4) is 0 Å². The van der Waals surface area contributed by atoms with E-state index in [1.54, 1.807) is 6.92 Å². The number of piperidine rings is 1. The van der Waals surface area contributed by atoms with Crippen LogP contribution in [0.4, 0.5) is 0 Å². The highest BCUT2D eigenvalue weighted by atomic mass is 16.5. The van der Waals surface area contributed by atoms with Gasteiger partial charge in [-0.25, -0.2) is 0 Å². The van der Waals surface area contributed by atoms with E-state index < -0.39 is 0 Å². The summed E-state index contributed by atoms with van der Waals surface area (Å²) < 4.78 is 5.06. The lowest BCUT2D eigenvalue weighted by Gasteiger charge is -2.34. The second-order valence-corrected chi connectivity index (χ2v) is 7.24. The summed E-state index contributed by atoms with van der Waals surface area (Å²) in [6.45, 7) is 3.95. The first kappa shape index (κ1) is 15.6.